The zero-order chi connectivity index (χ0) is 10.4. The number of ether oxygens (including phenoxy) is 1. The van der Waals surface area contributed by atoms with E-state index in [-0.39, 0.29) is 18.6 Å². The van der Waals surface area contributed by atoms with Crippen molar-refractivity contribution in [2.75, 3.05) is 19.8 Å². The second kappa shape index (κ2) is 5.98. The maximum atomic E-state index is 11.1. The molecule has 1 aliphatic rings. The molecule has 0 saturated heterocycles. The fourth-order valence-electron chi connectivity index (χ4n) is 1.09. The highest BCUT2D eigenvalue weighted by atomic mass is 16.5. The van der Waals surface area contributed by atoms with Gasteiger partial charge in [-0.2, -0.15) is 0 Å². The van der Waals surface area contributed by atoms with Crippen LogP contribution in [0.2, 0.25) is 0 Å². The molecular formula is C10H20N2O2. The number of nitrogens with one attached hydrogen (secondary N) is 1. The summed E-state index contributed by atoms with van der Waals surface area (Å²) in [5, 5.41) is 2.76. The summed E-state index contributed by atoms with van der Waals surface area (Å²) < 4.78 is 5.23. The summed E-state index contributed by atoms with van der Waals surface area (Å²) in [5.41, 5.74) is 5.54. The van der Waals surface area contributed by atoms with Gasteiger partial charge in [0.2, 0.25) is 5.91 Å². The Morgan fingerprint density at radius 1 is 1.64 bits per heavy atom. The number of nitrogens with two attached hydrogens (primary N) is 1. The molecule has 0 spiro atoms. The molecule has 1 rings (SSSR count). The topological polar surface area (TPSA) is 64.3 Å². The van der Waals surface area contributed by atoms with E-state index in [1.54, 1.807) is 0 Å². The lowest BCUT2D eigenvalue weighted by Crippen LogP contribution is -2.31. The first-order valence-electron chi connectivity index (χ1n) is 5.28. The molecule has 3 N–H and O–H groups in total. The molecule has 1 aliphatic carbocycles. The maximum Gasteiger partial charge on any atom is 0.245 e. The highest BCUT2D eigenvalue weighted by molar-refractivity contribution is 5.77. The van der Waals surface area contributed by atoms with Crippen LogP contribution < -0.4 is 11.1 Å². The van der Waals surface area contributed by atoms with E-state index in [9.17, 15) is 4.79 Å². The van der Waals surface area contributed by atoms with Gasteiger partial charge in [0.15, 0.2) is 0 Å². The van der Waals surface area contributed by atoms with Crippen molar-refractivity contribution in [1.82, 2.24) is 5.32 Å². The molecule has 1 atom stereocenters. The molecule has 0 aliphatic heterocycles. The average molecular weight is 200 g/mol. The predicted molar refractivity (Wildman–Crippen MR) is 54.8 cm³/mol. The summed E-state index contributed by atoms with van der Waals surface area (Å²) in [4.78, 5) is 11.1. The lowest BCUT2D eigenvalue weighted by molar-refractivity contribution is -0.125. The van der Waals surface area contributed by atoms with Gasteiger partial charge in [0, 0.05) is 12.6 Å². The lowest BCUT2D eigenvalue weighted by atomic mass is 10.2. The maximum absolute atomic E-state index is 11.1. The van der Waals surface area contributed by atoms with Crippen LogP contribution in [0.4, 0.5) is 0 Å². The van der Waals surface area contributed by atoms with Crippen LogP contribution in [-0.2, 0) is 9.53 Å². The van der Waals surface area contributed by atoms with Crippen molar-refractivity contribution in [3.05, 3.63) is 0 Å². The van der Waals surface area contributed by atoms with Crippen LogP contribution >= 0.6 is 0 Å². The first-order valence-corrected chi connectivity index (χ1v) is 5.28. The van der Waals surface area contributed by atoms with Gasteiger partial charge in [-0.3, -0.25) is 4.79 Å². The number of hydrogen-bond donors (Lipinski definition) is 2. The Morgan fingerprint density at radius 2 is 2.36 bits per heavy atom. The Kier molecular flexibility index (Phi) is 4.90. The minimum Gasteiger partial charge on any atom is -0.371 e. The average Bonchev–Trinajstić information content (AvgIpc) is 2.87. The highest BCUT2D eigenvalue weighted by Crippen LogP contribution is 2.28. The standard InChI is InChI=1S/C10H20N2O2/c1-8(11)4-5-12-10(13)7-14-6-9-2-3-9/h8-9H,2-7,11H2,1H3,(H,12,13). The minimum absolute atomic E-state index is 0.0358. The molecule has 1 amide bonds. The largest absolute Gasteiger partial charge is 0.371 e. The molecule has 1 fully saturated rings. The monoisotopic (exact) mass is 200 g/mol. The summed E-state index contributed by atoms with van der Waals surface area (Å²) in [6.45, 7) is 3.50. The molecule has 4 heteroatoms. The number of carbonyl (C=O) groups excluding carboxylic acids is 1. The second-order valence-electron chi connectivity index (χ2n) is 4.07. The molecule has 14 heavy (non-hydrogen) atoms. The molecular weight excluding hydrogens is 180 g/mol. The van der Waals surface area contributed by atoms with Crippen LogP contribution in [0.3, 0.4) is 0 Å². The smallest absolute Gasteiger partial charge is 0.245 e. The van der Waals surface area contributed by atoms with Gasteiger partial charge in [0.05, 0.1) is 6.61 Å². The van der Waals surface area contributed by atoms with Crippen molar-refractivity contribution in [2.24, 2.45) is 11.7 Å². The summed E-state index contributed by atoms with van der Waals surface area (Å²) in [7, 11) is 0. The van der Waals surface area contributed by atoms with Crippen LogP contribution in [0.5, 0.6) is 0 Å². The van der Waals surface area contributed by atoms with E-state index in [0.29, 0.717) is 12.5 Å². The van der Waals surface area contributed by atoms with Crippen molar-refractivity contribution in [3.63, 3.8) is 0 Å². The van der Waals surface area contributed by atoms with E-state index in [1.807, 2.05) is 6.92 Å². The van der Waals surface area contributed by atoms with E-state index in [4.69, 9.17) is 10.5 Å². The molecule has 4 nitrogen and oxygen atoms in total. The minimum atomic E-state index is -0.0358. The van der Waals surface area contributed by atoms with Gasteiger partial charge >= 0.3 is 0 Å². The van der Waals surface area contributed by atoms with Crippen LogP contribution in [0.25, 0.3) is 0 Å². The van der Waals surface area contributed by atoms with Crippen molar-refractivity contribution in [2.45, 2.75) is 32.2 Å². The van der Waals surface area contributed by atoms with E-state index in [2.05, 4.69) is 5.32 Å². The fraction of sp³-hybridized carbons (Fsp3) is 0.900. The van der Waals surface area contributed by atoms with E-state index < -0.39 is 0 Å². The van der Waals surface area contributed by atoms with Crippen molar-refractivity contribution in [1.29, 1.82) is 0 Å². The molecule has 1 saturated carbocycles. The Morgan fingerprint density at radius 3 is 2.93 bits per heavy atom. The molecule has 0 aromatic carbocycles. The zero-order valence-corrected chi connectivity index (χ0v) is 8.79. The van der Waals surface area contributed by atoms with Crippen LogP contribution in [0.1, 0.15) is 26.2 Å². The molecule has 0 heterocycles. The van der Waals surface area contributed by atoms with E-state index >= 15 is 0 Å². The second-order valence-corrected chi connectivity index (χ2v) is 4.07. The van der Waals surface area contributed by atoms with Crippen molar-refractivity contribution in [3.8, 4) is 0 Å². The van der Waals surface area contributed by atoms with Gasteiger partial charge in [0.25, 0.3) is 0 Å². The van der Waals surface area contributed by atoms with Crippen LogP contribution in [0, 0.1) is 5.92 Å². The molecule has 82 valence electrons. The van der Waals surface area contributed by atoms with Gasteiger partial charge in [-0.05, 0) is 32.1 Å². The number of hydrogen-bond acceptors (Lipinski definition) is 3. The highest BCUT2D eigenvalue weighted by Gasteiger charge is 2.21. The number of rotatable bonds is 7. The SMILES string of the molecule is CC(N)CCNC(=O)COCC1CC1. The van der Waals surface area contributed by atoms with Crippen molar-refractivity contribution < 1.29 is 9.53 Å². The summed E-state index contributed by atoms with van der Waals surface area (Å²) >= 11 is 0. The fourth-order valence-corrected chi connectivity index (χ4v) is 1.09. The van der Waals surface area contributed by atoms with Crippen LogP contribution in [0.15, 0.2) is 0 Å². The molecule has 0 aromatic heterocycles. The first kappa shape index (κ1) is 11.5. The van der Waals surface area contributed by atoms with Gasteiger partial charge in [-0.25, -0.2) is 0 Å². The van der Waals surface area contributed by atoms with Crippen molar-refractivity contribution >= 4 is 5.91 Å². The summed E-state index contributed by atoms with van der Waals surface area (Å²) in [5.74, 6) is 0.679. The quantitative estimate of drug-likeness (QED) is 0.620. The number of amides is 1. The third-order valence-corrected chi connectivity index (χ3v) is 2.21. The lowest BCUT2D eigenvalue weighted by Gasteiger charge is -2.07. The normalized spacial score (nSPS) is 17.9. The zero-order valence-electron chi connectivity index (χ0n) is 8.79. The third-order valence-electron chi connectivity index (χ3n) is 2.21. The third kappa shape index (κ3) is 5.94. The Balaban J connectivity index is 1.87. The molecule has 0 bridgehead atoms. The Bertz CT molecular complexity index is 169. The summed E-state index contributed by atoms with van der Waals surface area (Å²) in [6, 6.07) is 0.141. The first-order chi connectivity index (χ1) is 6.68. The predicted octanol–water partition coefficient (Wildman–Crippen LogP) is 0.267. The molecule has 0 radical (unpaired) electrons. The van der Waals surface area contributed by atoms with Gasteiger partial charge < -0.3 is 15.8 Å². The number of carbonyl (C=O) groups is 1. The Hall–Kier alpha value is -0.610. The Labute approximate surface area is 85.2 Å². The van der Waals surface area contributed by atoms with E-state index in [1.165, 1.54) is 12.8 Å². The van der Waals surface area contributed by atoms with Crippen LogP contribution in [-0.4, -0.2) is 31.7 Å². The molecule has 1 unspecified atom stereocenters. The van der Waals surface area contributed by atoms with Gasteiger partial charge in [0.1, 0.15) is 6.61 Å². The summed E-state index contributed by atoms with van der Waals surface area (Å²) in [6.07, 6.45) is 3.33. The molecule has 0 aromatic rings. The van der Waals surface area contributed by atoms with Gasteiger partial charge in [-0.15, -0.1) is 0 Å². The van der Waals surface area contributed by atoms with Gasteiger partial charge in [-0.1, -0.05) is 0 Å². The van der Waals surface area contributed by atoms with E-state index in [0.717, 1.165) is 13.0 Å².